The maximum absolute atomic E-state index is 11.6. The first-order chi connectivity index (χ1) is 15.2. The summed E-state index contributed by atoms with van der Waals surface area (Å²) in [6, 6.07) is 27.1. The van der Waals surface area contributed by atoms with Gasteiger partial charge in [-0.05, 0) is 41.8 Å². The quantitative estimate of drug-likeness (QED) is 0.400. The molecule has 0 aliphatic carbocycles. The molecule has 1 aromatic heterocycles. The Hall–Kier alpha value is -3.86. The van der Waals surface area contributed by atoms with Gasteiger partial charge in [-0.15, -0.1) is 0 Å². The first kappa shape index (κ1) is 20.4. The Morgan fingerprint density at radius 1 is 0.968 bits per heavy atom. The van der Waals surface area contributed by atoms with Gasteiger partial charge in [0.15, 0.2) is 0 Å². The van der Waals surface area contributed by atoms with Crippen LogP contribution in [0.25, 0.3) is 22.5 Å². The number of aromatic nitrogens is 2. The highest BCUT2D eigenvalue weighted by molar-refractivity contribution is 5.90. The van der Waals surface area contributed by atoms with Gasteiger partial charge < -0.3 is 9.84 Å². The topological polar surface area (TPSA) is 64.3 Å². The lowest BCUT2D eigenvalue weighted by Gasteiger charge is -2.10. The first-order valence-electron chi connectivity index (χ1n) is 10.3. The molecule has 0 fully saturated rings. The normalized spacial score (nSPS) is 10.7. The van der Waals surface area contributed by atoms with Crippen LogP contribution in [-0.2, 0) is 6.54 Å². The highest BCUT2D eigenvalue weighted by atomic mass is 16.5. The Morgan fingerprint density at radius 3 is 2.35 bits per heavy atom. The molecule has 0 atom stereocenters. The molecule has 0 aliphatic rings. The van der Waals surface area contributed by atoms with Gasteiger partial charge in [0.05, 0.1) is 30.1 Å². The van der Waals surface area contributed by atoms with Gasteiger partial charge in [-0.25, -0.2) is 4.79 Å². The Kier molecular flexibility index (Phi) is 6.13. The lowest BCUT2D eigenvalue weighted by Crippen LogP contribution is -2.04. The van der Waals surface area contributed by atoms with Gasteiger partial charge in [0, 0.05) is 5.56 Å². The number of aromatic carboxylic acids is 1. The van der Waals surface area contributed by atoms with Crippen LogP contribution in [-0.4, -0.2) is 27.5 Å². The Bertz CT molecular complexity index is 1170. The summed E-state index contributed by atoms with van der Waals surface area (Å²) in [6.45, 7) is 3.19. The predicted molar refractivity (Wildman–Crippen MR) is 121 cm³/mol. The monoisotopic (exact) mass is 412 g/mol. The summed E-state index contributed by atoms with van der Waals surface area (Å²) in [7, 11) is 0. The van der Waals surface area contributed by atoms with Crippen molar-refractivity contribution in [2.45, 2.75) is 19.9 Å². The van der Waals surface area contributed by atoms with Crippen molar-refractivity contribution in [3.63, 3.8) is 0 Å². The van der Waals surface area contributed by atoms with E-state index in [2.05, 4.69) is 12.1 Å². The third-order valence-electron chi connectivity index (χ3n) is 4.99. The molecule has 0 unspecified atom stereocenters. The van der Waals surface area contributed by atoms with E-state index in [-0.39, 0.29) is 5.56 Å². The molecule has 1 N–H and O–H groups in total. The van der Waals surface area contributed by atoms with Crippen LogP contribution >= 0.6 is 0 Å². The highest BCUT2D eigenvalue weighted by Gasteiger charge is 2.17. The Balaban J connectivity index is 1.83. The summed E-state index contributed by atoms with van der Waals surface area (Å²) in [5.74, 6) is -0.342. The summed E-state index contributed by atoms with van der Waals surface area (Å²) in [6.07, 6.45) is 0.859. The minimum Gasteiger partial charge on any atom is -0.493 e. The summed E-state index contributed by atoms with van der Waals surface area (Å²) in [4.78, 5) is 11.6. The molecule has 0 radical (unpaired) electrons. The van der Waals surface area contributed by atoms with Crippen LogP contribution in [0.15, 0.2) is 84.9 Å². The molecule has 5 nitrogen and oxygen atoms in total. The van der Waals surface area contributed by atoms with E-state index in [0.29, 0.717) is 30.2 Å². The minimum atomic E-state index is -0.977. The van der Waals surface area contributed by atoms with Gasteiger partial charge in [-0.1, -0.05) is 67.6 Å². The molecule has 4 aromatic rings. The Morgan fingerprint density at radius 2 is 1.68 bits per heavy atom. The van der Waals surface area contributed by atoms with Crippen LogP contribution in [0, 0.1) is 0 Å². The third-order valence-corrected chi connectivity index (χ3v) is 4.99. The predicted octanol–water partition coefficient (Wildman–Crippen LogP) is 5.75. The summed E-state index contributed by atoms with van der Waals surface area (Å²) in [5.41, 5.74) is 4.71. The number of hydrogen-bond donors (Lipinski definition) is 1. The lowest BCUT2D eigenvalue weighted by atomic mass is 10.1. The number of carboxylic acids is 1. The van der Waals surface area contributed by atoms with Crippen molar-refractivity contribution in [2.24, 2.45) is 0 Å². The van der Waals surface area contributed by atoms with E-state index in [9.17, 15) is 9.90 Å². The molecule has 0 saturated carbocycles. The second-order valence-electron chi connectivity index (χ2n) is 7.29. The SMILES string of the molecule is CCCOc1ccc(C(=O)O)cc1-c1cc(-c2ccccc2)n(Cc2ccccc2)n1. The maximum Gasteiger partial charge on any atom is 0.335 e. The summed E-state index contributed by atoms with van der Waals surface area (Å²) >= 11 is 0. The summed E-state index contributed by atoms with van der Waals surface area (Å²) in [5, 5.41) is 14.4. The van der Waals surface area contributed by atoms with Crippen LogP contribution in [0.4, 0.5) is 0 Å². The highest BCUT2D eigenvalue weighted by Crippen LogP contribution is 2.34. The van der Waals surface area contributed by atoms with Gasteiger partial charge in [-0.2, -0.15) is 5.10 Å². The molecule has 31 heavy (non-hydrogen) atoms. The molecule has 1 heterocycles. The molecule has 0 spiro atoms. The fraction of sp³-hybridized carbons (Fsp3) is 0.154. The average molecular weight is 412 g/mol. The number of carboxylic acid groups (broad SMARTS) is 1. The van der Waals surface area contributed by atoms with Gasteiger partial charge in [0.2, 0.25) is 0 Å². The third kappa shape index (κ3) is 4.67. The standard InChI is InChI=1S/C26H24N2O3/c1-2-15-31-25-14-13-21(26(29)30)16-22(25)23-17-24(20-11-7-4-8-12-20)28(27-23)18-19-9-5-3-6-10-19/h3-14,16-17H,2,15,18H2,1H3,(H,29,30). The van der Waals surface area contributed by atoms with E-state index in [4.69, 9.17) is 9.84 Å². The molecular weight excluding hydrogens is 388 g/mol. The fourth-order valence-electron chi connectivity index (χ4n) is 3.47. The molecule has 0 saturated heterocycles. The zero-order valence-electron chi connectivity index (χ0n) is 17.4. The number of carbonyl (C=O) groups is 1. The zero-order chi connectivity index (χ0) is 21.6. The molecule has 0 bridgehead atoms. The van der Waals surface area contributed by atoms with Crippen molar-refractivity contribution >= 4 is 5.97 Å². The maximum atomic E-state index is 11.6. The van der Waals surface area contributed by atoms with Gasteiger partial charge >= 0.3 is 5.97 Å². The van der Waals surface area contributed by atoms with Gasteiger partial charge in [-0.3, -0.25) is 4.68 Å². The van der Waals surface area contributed by atoms with Crippen LogP contribution in [0.1, 0.15) is 29.3 Å². The van der Waals surface area contributed by atoms with Gasteiger partial charge in [0.1, 0.15) is 5.75 Å². The second kappa shape index (κ2) is 9.30. The van der Waals surface area contributed by atoms with E-state index in [1.165, 1.54) is 0 Å². The molecule has 156 valence electrons. The number of hydrogen-bond acceptors (Lipinski definition) is 3. The van der Waals surface area contributed by atoms with Crippen molar-refractivity contribution in [1.82, 2.24) is 9.78 Å². The van der Waals surface area contributed by atoms with E-state index in [1.54, 1.807) is 18.2 Å². The smallest absolute Gasteiger partial charge is 0.335 e. The molecular formula is C26H24N2O3. The molecule has 4 rings (SSSR count). The molecule has 0 aliphatic heterocycles. The summed E-state index contributed by atoms with van der Waals surface area (Å²) < 4.78 is 7.86. The average Bonchev–Trinajstić information content (AvgIpc) is 3.22. The van der Waals surface area contributed by atoms with Crippen LogP contribution in [0.2, 0.25) is 0 Å². The first-order valence-corrected chi connectivity index (χ1v) is 10.3. The lowest BCUT2D eigenvalue weighted by molar-refractivity contribution is 0.0697. The van der Waals surface area contributed by atoms with Crippen molar-refractivity contribution in [3.8, 4) is 28.3 Å². The van der Waals surface area contributed by atoms with Crippen molar-refractivity contribution in [1.29, 1.82) is 0 Å². The molecule has 3 aromatic carbocycles. The van der Waals surface area contributed by atoms with Crippen LogP contribution < -0.4 is 4.74 Å². The van der Waals surface area contributed by atoms with Crippen molar-refractivity contribution in [2.75, 3.05) is 6.61 Å². The molecule has 5 heteroatoms. The largest absolute Gasteiger partial charge is 0.493 e. The Labute approximate surface area is 181 Å². The number of benzene rings is 3. The van der Waals surface area contributed by atoms with E-state index in [0.717, 1.165) is 23.2 Å². The minimum absolute atomic E-state index is 0.206. The van der Waals surface area contributed by atoms with E-state index >= 15 is 0 Å². The zero-order valence-corrected chi connectivity index (χ0v) is 17.4. The van der Waals surface area contributed by atoms with E-state index < -0.39 is 5.97 Å². The number of rotatable bonds is 8. The fourth-order valence-corrected chi connectivity index (χ4v) is 3.47. The number of nitrogens with zero attached hydrogens (tertiary/aromatic N) is 2. The second-order valence-corrected chi connectivity index (χ2v) is 7.29. The van der Waals surface area contributed by atoms with Gasteiger partial charge in [0.25, 0.3) is 0 Å². The van der Waals surface area contributed by atoms with Crippen molar-refractivity contribution < 1.29 is 14.6 Å². The van der Waals surface area contributed by atoms with Crippen LogP contribution in [0.5, 0.6) is 5.75 Å². The van der Waals surface area contributed by atoms with Crippen molar-refractivity contribution in [3.05, 3.63) is 96.1 Å². The van der Waals surface area contributed by atoms with Crippen LogP contribution in [0.3, 0.4) is 0 Å². The number of ether oxygens (including phenoxy) is 1. The molecule has 0 amide bonds. The van der Waals surface area contributed by atoms with E-state index in [1.807, 2.05) is 66.2 Å².